The van der Waals surface area contributed by atoms with Gasteiger partial charge in [0.2, 0.25) is 11.8 Å². The molecule has 0 saturated heterocycles. The van der Waals surface area contributed by atoms with Crippen LogP contribution in [0.15, 0.2) is 34.7 Å². The van der Waals surface area contributed by atoms with E-state index in [-0.39, 0.29) is 23.7 Å². The summed E-state index contributed by atoms with van der Waals surface area (Å²) in [5.41, 5.74) is 2.83. The Kier molecular flexibility index (Phi) is 5.25. The molecule has 1 fully saturated rings. The molecule has 0 unspecified atom stereocenters. The molecule has 5 nitrogen and oxygen atoms in total. The van der Waals surface area contributed by atoms with Crippen molar-refractivity contribution >= 4 is 17.5 Å². The Morgan fingerprint density at radius 3 is 2.71 bits per heavy atom. The Labute approximate surface area is 166 Å². The minimum atomic E-state index is 0.00748. The van der Waals surface area contributed by atoms with Crippen molar-refractivity contribution in [2.24, 2.45) is 11.8 Å². The maximum absolute atomic E-state index is 12.4. The first kappa shape index (κ1) is 18.8. The summed E-state index contributed by atoms with van der Waals surface area (Å²) in [5.74, 6) is 2.21. The molecule has 1 aliphatic carbocycles. The molecule has 4 rings (SSSR count). The summed E-state index contributed by atoms with van der Waals surface area (Å²) in [6.07, 6.45) is 5.01. The highest BCUT2D eigenvalue weighted by Gasteiger charge is 2.26. The van der Waals surface area contributed by atoms with E-state index in [0.29, 0.717) is 13.1 Å². The first-order valence-electron chi connectivity index (χ1n) is 10.3. The van der Waals surface area contributed by atoms with Crippen LogP contribution in [0.1, 0.15) is 50.9 Å². The normalized spacial score (nSPS) is 17.0. The lowest BCUT2D eigenvalue weighted by molar-refractivity contribution is -0.135. The van der Waals surface area contributed by atoms with E-state index in [1.807, 2.05) is 49.1 Å². The van der Waals surface area contributed by atoms with Crippen molar-refractivity contribution in [3.05, 3.63) is 41.7 Å². The van der Waals surface area contributed by atoms with Crippen LogP contribution in [0.2, 0.25) is 0 Å². The third-order valence-corrected chi connectivity index (χ3v) is 5.81. The molecule has 0 bridgehead atoms. The third kappa shape index (κ3) is 3.84. The lowest BCUT2D eigenvalue weighted by Gasteiger charge is -2.27. The Balaban J connectivity index is 1.50. The second-order valence-electron chi connectivity index (χ2n) is 8.27. The van der Waals surface area contributed by atoms with E-state index in [4.69, 9.17) is 4.42 Å². The number of anilines is 1. The highest BCUT2D eigenvalue weighted by atomic mass is 16.3. The molecule has 2 amide bonds. The number of hydrogen-bond donors (Lipinski definition) is 1. The zero-order valence-corrected chi connectivity index (χ0v) is 16.7. The van der Waals surface area contributed by atoms with E-state index in [2.05, 4.69) is 5.32 Å². The maximum atomic E-state index is 12.4. The summed E-state index contributed by atoms with van der Waals surface area (Å²) in [6.45, 7) is 5.18. The largest absolute Gasteiger partial charge is 0.461 e. The standard InChI is InChI=1S/C23H28N2O3/c1-15(2)23(27)25-11-10-20-18(14-25)13-21(28-20)17-8-5-9-19(12-17)24-22(26)16-6-3-4-7-16/h5,8-9,12-13,15-16H,3-4,6-7,10-11,14H2,1-2H3,(H,24,26). The predicted octanol–water partition coefficient (Wildman–Crippen LogP) is 4.62. The molecule has 1 aromatic heterocycles. The molecule has 1 saturated carbocycles. The van der Waals surface area contributed by atoms with Gasteiger partial charge < -0.3 is 14.6 Å². The number of nitrogens with one attached hydrogen (secondary N) is 1. The van der Waals surface area contributed by atoms with Crippen LogP contribution in [-0.4, -0.2) is 23.3 Å². The van der Waals surface area contributed by atoms with Gasteiger partial charge in [0.1, 0.15) is 11.5 Å². The van der Waals surface area contributed by atoms with Crippen molar-refractivity contribution in [1.82, 2.24) is 4.90 Å². The molecule has 2 aromatic rings. The average molecular weight is 380 g/mol. The Hall–Kier alpha value is -2.56. The van der Waals surface area contributed by atoms with Crippen molar-refractivity contribution in [2.45, 2.75) is 52.5 Å². The lowest BCUT2D eigenvalue weighted by Crippen LogP contribution is -2.37. The number of rotatable bonds is 4. The van der Waals surface area contributed by atoms with Gasteiger partial charge in [0.25, 0.3) is 0 Å². The SMILES string of the molecule is CC(C)C(=O)N1CCc2oc(-c3cccc(NC(=O)C4CCCC4)c3)cc2C1. The van der Waals surface area contributed by atoms with Gasteiger partial charge in [0.05, 0.1) is 0 Å². The van der Waals surface area contributed by atoms with Crippen molar-refractivity contribution in [3.8, 4) is 11.3 Å². The summed E-state index contributed by atoms with van der Waals surface area (Å²) in [5, 5.41) is 3.06. The summed E-state index contributed by atoms with van der Waals surface area (Å²) in [4.78, 5) is 26.6. The molecule has 5 heteroatoms. The van der Waals surface area contributed by atoms with E-state index in [0.717, 1.165) is 60.4 Å². The fraction of sp³-hybridized carbons (Fsp3) is 0.478. The number of benzene rings is 1. The summed E-state index contributed by atoms with van der Waals surface area (Å²) in [6, 6.07) is 9.85. The molecule has 1 N–H and O–H groups in total. The molecule has 2 heterocycles. The van der Waals surface area contributed by atoms with Crippen molar-refractivity contribution in [1.29, 1.82) is 0 Å². The molecule has 0 atom stereocenters. The number of furan rings is 1. The number of carbonyl (C=O) groups is 2. The fourth-order valence-corrected chi connectivity index (χ4v) is 4.21. The van der Waals surface area contributed by atoms with Gasteiger partial charge in [0, 0.05) is 48.2 Å². The zero-order valence-electron chi connectivity index (χ0n) is 16.7. The molecule has 0 radical (unpaired) electrons. The van der Waals surface area contributed by atoms with Crippen LogP contribution in [0.25, 0.3) is 11.3 Å². The Bertz CT molecular complexity index is 878. The number of carbonyl (C=O) groups excluding carboxylic acids is 2. The van der Waals surface area contributed by atoms with Crippen molar-refractivity contribution < 1.29 is 14.0 Å². The smallest absolute Gasteiger partial charge is 0.227 e. The second-order valence-corrected chi connectivity index (χ2v) is 8.27. The van der Waals surface area contributed by atoms with Gasteiger partial charge in [0.15, 0.2) is 0 Å². The Morgan fingerprint density at radius 2 is 1.96 bits per heavy atom. The Morgan fingerprint density at radius 1 is 1.18 bits per heavy atom. The number of nitrogens with zero attached hydrogens (tertiary/aromatic N) is 1. The van der Waals surface area contributed by atoms with Crippen LogP contribution >= 0.6 is 0 Å². The number of amides is 2. The van der Waals surface area contributed by atoms with Gasteiger partial charge in [-0.1, -0.05) is 38.8 Å². The van der Waals surface area contributed by atoms with Gasteiger partial charge in [-0.3, -0.25) is 9.59 Å². The quantitative estimate of drug-likeness (QED) is 0.842. The van der Waals surface area contributed by atoms with Crippen LogP contribution in [-0.2, 0) is 22.6 Å². The first-order chi connectivity index (χ1) is 13.5. The third-order valence-electron chi connectivity index (χ3n) is 5.81. The molecular weight excluding hydrogens is 352 g/mol. The molecule has 28 heavy (non-hydrogen) atoms. The lowest BCUT2D eigenvalue weighted by atomic mass is 10.0. The average Bonchev–Trinajstić information content (AvgIpc) is 3.36. The van der Waals surface area contributed by atoms with Crippen molar-refractivity contribution in [3.63, 3.8) is 0 Å². The highest BCUT2D eigenvalue weighted by molar-refractivity contribution is 5.93. The minimum absolute atomic E-state index is 0.00748. The molecular formula is C23H28N2O3. The molecule has 1 aromatic carbocycles. The molecule has 0 spiro atoms. The monoisotopic (exact) mass is 380 g/mol. The molecule has 1 aliphatic heterocycles. The van der Waals surface area contributed by atoms with E-state index in [9.17, 15) is 9.59 Å². The number of hydrogen-bond acceptors (Lipinski definition) is 3. The first-order valence-corrected chi connectivity index (χ1v) is 10.3. The molecule has 148 valence electrons. The number of fused-ring (bicyclic) bond motifs is 1. The van der Waals surface area contributed by atoms with E-state index in [1.165, 1.54) is 0 Å². The van der Waals surface area contributed by atoms with E-state index >= 15 is 0 Å². The maximum Gasteiger partial charge on any atom is 0.227 e. The minimum Gasteiger partial charge on any atom is -0.461 e. The van der Waals surface area contributed by atoms with E-state index in [1.54, 1.807) is 0 Å². The van der Waals surface area contributed by atoms with Crippen LogP contribution in [0.5, 0.6) is 0 Å². The van der Waals surface area contributed by atoms with E-state index < -0.39 is 0 Å². The van der Waals surface area contributed by atoms with Gasteiger partial charge in [-0.2, -0.15) is 0 Å². The topological polar surface area (TPSA) is 62.6 Å². The van der Waals surface area contributed by atoms with Crippen molar-refractivity contribution in [2.75, 3.05) is 11.9 Å². The summed E-state index contributed by atoms with van der Waals surface area (Å²) >= 11 is 0. The molecule has 2 aliphatic rings. The van der Waals surface area contributed by atoms with Crippen LogP contribution in [0.3, 0.4) is 0 Å². The van der Waals surface area contributed by atoms with Crippen LogP contribution in [0, 0.1) is 11.8 Å². The second kappa shape index (κ2) is 7.82. The van der Waals surface area contributed by atoms with Gasteiger partial charge in [-0.25, -0.2) is 0 Å². The zero-order chi connectivity index (χ0) is 19.7. The van der Waals surface area contributed by atoms with Gasteiger partial charge >= 0.3 is 0 Å². The van der Waals surface area contributed by atoms with Gasteiger partial charge in [-0.05, 0) is 31.0 Å². The van der Waals surface area contributed by atoms with Crippen LogP contribution < -0.4 is 5.32 Å². The summed E-state index contributed by atoms with van der Waals surface area (Å²) < 4.78 is 6.09. The van der Waals surface area contributed by atoms with Gasteiger partial charge in [-0.15, -0.1) is 0 Å². The summed E-state index contributed by atoms with van der Waals surface area (Å²) in [7, 11) is 0. The predicted molar refractivity (Wildman–Crippen MR) is 109 cm³/mol. The fourth-order valence-electron chi connectivity index (χ4n) is 4.21. The van der Waals surface area contributed by atoms with Crippen LogP contribution in [0.4, 0.5) is 5.69 Å². The highest BCUT2D eigenvalue weighted by Crippen LogP contribution is 2.32.